The van der Waals surface area contributed by atoms with Crippen LogP contribution in [0.1, 0.15) is 22.3 Å². The second-order valence-corrected chi connectivity index (χ2v) is 8.26. The molecule has 4 rings (SSSR count). The van der Waals surface area contributed by atoms with Gasteiger partial charge in [0.15, 0.2) is 5.11 Å². The number of benzene rings is 3. The van der Waals surface area contributed by atoms with Crippen LogP contribution in [-0.2, 0) is 20.1 Å². The molecule has 0 atom stereocenters. The molecule has 0 spiro atoms. The Hall–Kier alpha value is -3.11. The first-order valence-electron chi connectivity index (χ1n) is 10.2. The van der Waals surface area contributed by atoms with Crippen LogP contribution in [-0.4, -0.2) is 14.6 Å². The Morgan fingerprint density at radius 1 is 0.933 bits per heavy atom. The molecule has 0 radical (unpaired) electrons. The molecule has 0 aliphatic heterocycles. The van der Waals surface area contributed by atoms with E-state index in [1.165, 1.54) is 33.2 Å². The number of nitrogens with zero attached hydrogens (tertiary/aromatic N) is 2. The molecule has 1 aromatic heterocycles. The Morgan fingerprint density at radius 2 is 1.67 bits per heavy atom. The first-order chi connectivity index (χ1) is 14.5. The quantitative estimate of drug-likeness (QED) is 0.394. The second-order valence-electron chi connectivity index (χ2n) is 7.87. The number of aromatic nitrogens is 1. The van der Waals surface area contributed by atoms with Crippen LogP contribution in [0.25, 0.3) is 10.9 Å². The van der Waals surface area contributed by atoms with Crippen LogP contribution in [0.3, 0.4) is 0 Å². The molecule has 0 aliphatic rings. The predicted octanol–water partition coefficient (Wildman–Crippen LogP) is 6.19. The normalized spacial score (nSPS) is 10.9. The summed E-state index contributed by atoms with van der Waals surface area (Å²) in [4.78, 5) is 2.24. The van der Waals surface area contributed by atoms with Crippen molar-refractivity contribution in [3.8, 4) is 0 Å². The molecular formula is C26H27N3S. The highest BCUT2D eigenvalue weighted by atomic mass is 32.1. The van der Waals surface area contributed by atoms with E-state index in [1.54, 1.807) is 0 Å². The Balaban J connectivity index is 1.64. The summed E-state index contributed by atoms with van der Waals surface area (Å²) in [6.07, 6.45) is 2.21. The van der Waals surface area contributed by atoms with Crippen molar-refractivity contribution in [1.82, 2.24) is 9.47 Å². The third kappa shape index (κ3) is 4.39. The topological polar surface area (TPSA) is 20.2 Å². The van der Waals surface area contributed by atoms with E-state index >= 15 is 0 Å². The number of thiocarbonyl (C=S) groups is 1. The fourth-order valence-corrected chi connectivity index (χ4v) is 4.15. The molecule has 0 unspecified atom stereocenters. The maximum absolute atomic E-state index is 5.89. The molecule has 152 valence electrons. The van der Waals surface area contributed by atoms with Gasteiger partial charge in [-0.3, -0.25) is 0 Å². The van der Waals surface area contributed by atoms with Gasteiger partial charge >= 0.3 is 0 Å². The average molecular weight is 414 g/mol. The highest BCUT2D eigenvalue weighted by Crippen LogP contribution is 2.24. The van der Waals surface area contributed by atoms with Gasteiger partial charge in [-0.15, -0.1) is 0 Å². The molecule has 0 saturated carbocycles. The van der Waals surface area contributed by atoms with Gasteiger partial charge in [0.25, 0.3) is 0 Å². The lowest BCUT2D eigenvalue weighted by atomic mass is 10.1. The smallest absolute Gasteiger partial charge is 0.174 e. The van der Waals surface area contributed by atoms with Gasteiger partial charge in [0, 0.05) is 42.9 Å². The van der Waals surface area contributed by atoms with Crippen molar-refractivity contribution >= 4 is 33.9 Å². The van der Waals surface area contributed by atoms with E-state index in [4.69, 9.17) is 12.2 Å². The molecule has 1 heterocycles. The zero-order valence-electron chi connectivity index (χ0n) is 17.7. The summed E-state index contributed by atoms with van der Waals surface area (Å²) in [6, 6.07) is 25.4. The SMILES string of the molecule is Cc1ccc(NC(=S)N(Cc2ccccc2)Cc2cn(C)c3ccccc23)c(C)c1. The third-order valence-electron chi connectivity index (χ3n) is 5.47. The van der Waals surface area contributed by atoms with Crippen LogP contribution in [0.5, 0.6) is 0 Å². The van der Waals surface area contributed by atoms with Crippen LogP contribution in [0.15, 0.2) is 79.0 Å². The van der Waals surface area contributed by atoms with Gasteiger partial charge in [-0.05, 0) is 54.9 Å². The number of nitrogens with one attached hydrogen (secondary N) is 1. The molecule has 0 amide bonds. The summed E-state index contributed by atoms with van der Waals surface area (Å²) in [5.74, 6) is 0. The molecule has 1 N–H and O–H groups in total. The van der Waals surface area contributed by atoms with Crippen molar-refractivity contribution in [2.75, 3.05) is 5.32 Å². The zero-order chi connectivity index (χ0) is 21.1. The van der Waals surface area contributed by atoms with Gasteiger partial charge < -0.3 is 14.8 Å². The lowest BCUT2D eigenvalue weighted by Crippen LogP contribution is -2.34. The number of aryl methyl sites for hydroxylation is 3. The Morgan fingerprint density at radius 3 is 2.43 bits per heavy atom. The maximum atomic E-state index is 5.89. The molecule has 30 heavy (non-hydrogen) atoms. The second kappa shape index (κ2) is 8.72. The van der Waals surface area contributed by atoms with Crippen LogP contribution in [0.2, 0.25) is 0 Å². The lowest BCUT2D eigenvalue weighted by molar-refractivity contribution is 0.414. The molecule has 0 fully saturated rings. The van der Waals surface area contributed by atoms with Crippen molar-refractivity contribution in [3.63, 3.8) is 0 Å². The van der Waals surface area contributed by atoms with Crippen molar-refractivity contribution < 1.29 is 0 Å². The highest BCUT2D eigenvalue weighted by Gasteiger charge is 2.15. The van der Waals surface area contributed by atoms with Gasteiger partial charge in [0.05, 0.1) is 0 Å². The minimum absolute atomic E-state index is 0.735. The molecule has 3 nitrogen and oxygen atoms in total. The first kappa shape index (κ1) is 20.2. The summed E-state index contributed by atoms with van der Waals surface area (Å²) >= 11 is 5.89. The number of fused-ring (bicyclic) bond motifs is 1. The monoisotopic (exact) mass is 413 g/mol. The molecule has 0 saturated heterocycles. The molecule has 4 heteroatoms. The Bertz CT molecular complexity index is 1180. The van der Waals surface area contributed by atoms with Gasteiger partial charge in [0.2, 0.25) is 0 Å². The third-order valence-corrected chi connectivity index (χ3v) is 5.83. The highest BCUT2D eigenvalue weighted by molar-refractivity contribution is 7.80. The number of anilines is 1. The summed E-state index contributed by atoms with van der Waals surface area (Å²) < 4.78 is 2.19. The predicted molar refractivity (Wildman–Crippen MR) is 131 cm³/mol. The number of rotatable bonds is 5. The van der Waals surface area contributed by atoms with E-state index in [2.05, 4.69) is 109 Å². The van der Waals surface area contributed by atoms with Crippen LogP contribution in [0.4, 0.5) is 5.69 Å². The van der Waals surface area contributed by atoms with Crippen LogP contribution < -0.4 is 5.32 Å². The summed E-state index contributed by atoms with van der Waals surface area (Å²) in [6.45, 7) is 5.72. The fraction of sp³-hybridized carbons (Fsp3) is 0.192. The fourth-order valence-electron chi connectivity index (χ4n) is 3.91. The number of hydrogen-bond donors (Lipinski definition) is 1. The standard InChI is InChI=1S/C26H27N3S/c1-19-13-14-24(20(2)15-19)27-26(30)29(16-21-9-5-4-6-10-21)18-22-17-28(3)25-12-8-7-11-23(22)25/h4-15,17H,16,18H2,1-3H3,(H,27,30). The van der Waals surface area contributed by atoms with E-state index in [0.717, 1.165) is 23.9 Å². The molecule has 4 aromatic rings. The zero-order valence-corrected chi connectivity index (χ0v) is 18.5. The maximum Gasteiger partial charge on any atom is 0.174 e. The van der Waals surface area contributed by atoms with Crippen molar-refractivity contribution in [2.24, 2.45) is 7.05 Å². The van der Waals surface area contributed by atoms with E-state index in [-0.39, 0.29) is 0 Å². The number of para-hydroxylation sites is 1. The minimum Gasteiger partial charge on any atom is -0.350 e. The van der Waals surface area contributed by atoms with Gasteiger partial charge in [-0.1, -0.05) is 66.2 Å². The van der Waals surface area contributed by atoms with Crippen molar-refractivity contribution in [2.45, 2.75) is 26.9 Å². The van der Waals surface area contributed by atoms with Gasteiger partial charge in [-0.2, -0.15) is 0 Å². The first-order valence-corrected chi connectivity index (χ1v) is 10.6. The summed E-state index contributed by atoms with van der Waals surface area (Å²) in [5, 5.41) is 5.49. The van der Waals surface area contributed by atoms with Crippen molar-refractivity contribution in [3.05, 3.63) is 101 Å². The van der Waals surface area contributed by atoms with Crippen LogP contribution in [0, 0.1) is 13.8 Å². The van der Waals surface area contributed by atoms with E-state index in [1.807, 2.05) is 6.07 Å². The average Bonchev–Trinajstić information content (AvgIpc) is 3.06. The Labute approximate surface area is 184 Å². The molecular weight excluding hydrogens is 386 g/mol. The Kier molecular flexibility index (Phi) is 5.86. The minimum atomic E-state index is 0.735. The molecule has 0 bridgehead atoms. The number of hydrogen-bond acceptors (Lipinski definition) is 1. The van der Waals surface area contributed by atoms with E-state index in [0.29, 0.717) is 0 Å². The molecule has 0 aliphatic carbocycles. The van der Waals surface area contributed by atoms with Gasteiger partial charge in [0.1, 0.15) is 0 Å². The van der Waals surface area contributed by atoms with Crippen LogP contribution >= 0.6 is 12.2 Å². The van der Waals surface area contributed by atoms with E-state index in [9.17, 15) is 0 Å². The van der Waals surface area contributed by atoms with E-state index < -0.39 is 0 Å². The van der Waals surface area contributed by atoms with Gasteiger partial charge in [-0.25, -0.2) is 0 Å². The van der Waals surface area contributed by atoms with Crippen molar-refractivity contribution in [1.29, 1.82) is 0 Å². The largest absolute Gasteiger partial charge is 0.350 e. The summed E-state index contributed by atoms with van der Waals surface area (Å²) in [7, 11) is 2.10. The lowest BCUT2D eigenvalue weighted by Gasteiger charge is -2.26. The summed E-state index contributed by atoms with van der Waals surface area (Å²) in [5.41, 5.74) is 7.25. The molecule has 3 aromatic carbocycles.